The molecule has 0 spiro atoms. The molecule has 0 unspecified atom stereocenters. The predicted molar refractivity (Wildman–Crippen MR) is 91.7 cm³/mol. The first-order chi connectivity index (χ1) is 11.1. The zero-order chi connectivity index (χ0) is 16.2. The molecule has 2 aromatic rings. The molecule has 2 N–H and O–H groups in total. The molecule has 0 radical (unpaired) electrons. The van der Waals surface area contributed by atoms with E-state index in [4.69, 9.17) is 0 Å². The Morgan fingerprint density at radius 2 is 2.13 bits per heavy atom. The zero-order valence-corrected chi connectivity index (χ0v) is 14.5. The van der Waals surface area contributed by atoms with Gasteiger partial charge in [0.1, 0.15) is 5.01 Å². The number of hydrogen-bond acceptors (Lipinski definition) is 4. The lowest BCUT2D eigenvalue weighted by Crippen LogP contribution is -2.38. The number of rotatable bonds is 6. The molecule has 23 heavy (non-hydrogen) atoms. The van der Waals surface area contributed by atoms with E-state index in [0.717, 1.165) is 28.3 Å². The van der Waals surface area contributed by atoms with E-state index < -0.39 is 10.8 Å². The molecule has 0 saturated heterocycles. The van der Waals surface area contributed by atoms with Crippen LogP contribution in [0.25, 0.3) is 0 Å². The summed E-state index contributed by atoms with van der Waals surface area (Å²) in [5, 5.41) is 8.81. The normalized spacial score (nSPS) is 16.6. The molecule has 1 aromatic carbocycles. The predicted octanol–water partition coefficient (Wildman–Crippen LogP) is 2.83. The number of aromatic nitrogens is 1. The van der Waals surface area contributed by atoms with Crippen LogP contribution < -0.4 is 10.6 Å². The number of benzene rings is 1. The third-order valence-corrected chi connectivity index (χ3v) is 5.60. The Morgan fingerprint density at radius 1 is 1.39 bits per heavy atom. The Balaban J connectivity index is 1.53. The molecule has 2 atom stereocenters. The lowest BCUT2D eigenvalue weighted by molar-refractivity contribution is 0.235. The van der Waals surface area contributed by atoms with Crippen molar-refractivity contribution in [2.45, 2.75) is 30.3 Å². The van der Waals surface area contributed by atoms with Crippen LogP contribution in [0.3, 0.4) is 0 Å². The Bertz CT molecular complexity index is 682. The summed E-state index contributed by atoms with van der Waals surface area (Å²) in [7, 11) is -0.979. The van der Waals surface area contributed by atoms with Crippen molar-refractivity contribution in [3.8, 4) is 0 Å². The molecule has 1 aromatic heterocycles. The lowest BCUT2D eigenvalue weighted by atomic mass is 10.2. The molecule has 7 heteroatoms. The van der Waals surface area contributed by atoms with E-state index in [1.807, 2.05) is 29.6 Å². The van der Waals surface area contributed by atoms with Crippen molar-refractivity contribution >= 4 is 28.2 Å². The van der Waals surface area contributed by atoms with Gasteiger partial charge in [-0.15, -0.1) is 11.3 Å². The third kappa shape index (κ3) is 4.39. The van der Waals surface area contributed by atoms with Crippen LogP contribution in [0.1, 0.15) is 29.5 Å². The average Bonchev–Trinajstić information content (AvgIpc) is 3.25. The van der Waals surface area contributed by atoms with Crippen LogP contribution in [-0.4, -0.2) is 21.5 Å². The summed E-state index contributed by atoms with van der Waals surface area (Å²) in [6.07, 6.45) is 5.70. The summed E-state index contributed by atoms with van der Waals surface area (Å²) in [6, 6.07) is 7.26. The fourth-order valence-corrected chi connectivity index (χ4v) is 3.67. The van der Waals surface area contributed by atoms with Gasteiger partial charge in [-0.3, -0.25) is 4.21 Å². The molecule has 5 nitrogen and oxygen atoms in total. The molecule has 1 aliphatic carbocycles. The van der Waals surface area contributed by atoms with E-state index in [9.17, 15) is 9.00 Å². The Morgan fingerprint density at radius 3 is 2.70 bits per heavy atom. The van der Waals surface area contributed by atoms with Gasteiger partial charge in [0.05, 0.1) is 6.04 Å². The van der Waals surface area contributed by atoms with Crippen LogP contribution in [-0.2, 0) is 17.3 Å². The number of nitrogens with zero attached hydrogens (tertiary/aromatic N) is 1. The van der Waals surface area contributed by atoms with Crippen molar-refractivity contribution in [1.29, 1.82) is 0 Å². The highest BCUT2D eigenvalue weighted by molar-refractivity contribution is 7.84. The van der Waals surface area contributed by atoms with Crippen LogP contribution in [0.4, 0.5) is 4.79 Å². The molecule has 122 valence electrons. The molecule has 1 saturated carbocycles. The largest absolute Gasteiger partial charge is 0.334 e. The van der Waals surface area contributed by atoms with Crippen molar-refractivity contribution in [3.05, 3.63) is 46.4 Å². The van der Waals surface area contributed by atoms with Gasteiger partial charge in [-0.2, -0.15) is 0 Å². The van der Waals surface area contributed by atoms with E-state index in [2.05, 4.69) is 15.6 Å². The molecule has 3 rings (SSSR count). The molecule has 2 amide bonds. The van der Waals surface area contributed by atoms with E-state index in [-0.39, 0.29) is 12.1 Å². The minimum atomic E-state index is -0.979. The zero-order valence-electron chi connectivity index (χ0n) is 12.8. The number of hydrogen-bond donors (Lipinski definition) is 2. The monoisotopic (exact) mass is 349 g/mol. The molecule has 1 fully saturated rings. The van der Waals surface area contributed by atoms with Crippen LogP contribution in [0.2, 0.25) is 0 Å². The highest BCUT2D eigenvalue weighted by Gasteiger charge is 2.34. The summed E-state index contributed by atoms with van der Waals surface area (Å²) in [5.41, 5.74) is 0.978. The first-order valence-corrected chi connectivity index (χ1v) is 9.93. The van der Waals surface area contributed by atoms with Gasteiger partial charge in [0.15, 0.2) is 0 Å². The molecule has 0 aliphatic heterocycles. The Kier molecular flexibility index (Phi) is 5.07. The Labute approximate surface area is 142 Å². The smallest absolute Gasteiger partial charge is 0.315 e. The first-order valence-electron chi connectivity index (χ1n) is 7.49. The van der Waals surface area contributed by atoms with E-state index in [1.54, 1.807) is 23.8 Å². The summed E-state index contributed by atoms with van der Waals surface area (Å²) >= 11 is 1.58. The fourth-order valence-electron chi connectivity index (χ4n) is 2.37. The van der Waals surface area contributed by atoms with Crippen LogP contribution >= 0.6 is 11.3 Å². The van der Waals surface area contributed by atoms with E-state index in [0.29, 0.717) is 12.5 Å². The van der Waals surface area contributed by atoms with Gasteiger partial charge >= 0.3 is 6.03 Å². The van der Waals surface area contributed by atoms with Gasteiger partial charge in [-0.05, 0) is 36.5 Å². The second-order valence-corrected chi connectivity index (χ2v) is 7.92. The molecular formula is C16H19N3O2S2. The van der Waals surface area contributed by atoms with Crippen LogP contribution in [0.5, 0.6) is 0 Å². The van der Waals surface area contributed by atoms with Gasteiger partial charge in [0.25, 0.3) is 0 Å². The summed E-state index contributed by atoms with van der Waals surface area (Å²) in [4.78, 5) is 17.2. The minimum Gasteiger partial charge on any atom is -0.334 e. The average molecular weight is 349 g/mol. The minimum absolute atomic E-state index is 0.0138. The maximum absolute atomic E-state index is 12.1. The van der Waals surface area contributed by atoms with Crippen molar-refractivity contribution < 1.29 is 9.00 Å². The molecule has 1 aliphatic rings. The van der Waals surface area contributed by atoms with Gasteiger partial charge in [-0.1, -0.05) is 12.1 Å². The number of thiazole rings is 1. The van der Waals surface area contributed by atoms with Gasteiger partial charge < -0.3 is 10.6 Å². The van der Waals surface area contributed by atoms with Gasteiger partial charge in [-0.25, -0.2) is 9.78 Å². The number of amides is 2. The van der Waals surface area contributed by atoms with E-state index >= 15 is 0 Å². The maximum Gasteiger partial charge on any atom is 0.315 e. The second kappa shape index (κ2) is 7.23. The lowest BCUT2D eigenvalue weighted by Gasteiger charge is -2.16. The number of nitrogens with one attached hydrogen (secondary N) is 2. The summed E-state index contributed by atoms with van der Waals surface area (Å²) < 4.78 is 11.4. The van der Waals surface area contributed by atoms with Gasteiger partial charge in [0.2, 0.25) is 0 Å². The van der Waals surface area contributed by atoms with Crippen LogP contribution in [0, 0.1) is 5.92 Å². The SMILES string of the molecule is C[S@](=O)c1ccc(CNC(=O)N[C@@H](c2nccs2)C2CC2)cc1. The maximum atomic E-state index is 12.1. The Hall–Kier alpha value is -1.73. The topological polar surface area (TPSA) is 71.1 Å². The van der Waals surface area contributed by atoms with Crippen molar-refractivity contribution in [3.63, 3.8) is 0 Å². The highest BCUT2D eigenvalue weighted by atomic mass is 32.2. The fraction of sp³-hybridized carbons (Fsp3) is 0.375. The van der Waals surface area contributed by atoms with Crippen molar-refractivity contribution in [2.24, 2.45) is 5.92 Å². The number of carbonyl (C=O) groups is 1. The van der Waals surface area contributed by atoms with Crippen LogP contribution in [0.15, 0.2) is 40.7 Å². The third-order valence-electron chi connectivity index (χ3n) is 3.81. The van der Waals surface area contributed by atoms with Crippen molar-refractivity contribution in [1.82, 2.24) is 15.6 Å². The molecule has 1 heterocycles. The second-order valence-electron chi connectivity index (χ2n) is 5.61. The highest BCUT2D eigenvalue weighted by Crippen LogP contribution is 2.41. The number of urea groups is 1. The summed E-state index contributed by atoms with van der Waals surface area (Å²) in [5.74, 6) is 0.505. The first kappa shape index (κ1) is 16.1. The number of carbonyl (C=O) groups excluding carboxylic acids is 1. The standard InChI is InChI=1S/C16H19N3O2S2/c1-23(21)13-6-2-11(3-7-13)10-18-16(20)19-14(12-4-5-12)15-17-8-9-22-15/h2-3,6-9,12,14H,4-5,10H2,1H3,(H2,18,19,20)/t14-,23+/m1/s1. The van der Waals surface area contributed by atoms with Gasteiger partial charge in [0, 0.05) is 40.1 Å². The molecule has 0 bridgehead atoms. The van der Waals surface area contributed by atoms with Crippen molar-refractivity contribution in [2.75, 3.05) is 6.26 Å². The summed E-state index contributed by atoms with van der Waals surface area (Å²) in [6.45, 7) is 0.442. The van der Waals surface area contributed by atoms with E-state index in [1.165, 1.54) is 0 Å². The molecular weight excluding hydrogens is 330 g/mol. The quantitative estimate of drug-likeness (QED) is 0.842.